The molecule has 5 rings (SSSR count). The summed E-state index contributed by atoms with van der Waals surface area (Å²) in [5, 5.41) is 0.448. The third-order valence-electron chi connectivity index (χ3n) is 6.48. The second-order valence-corrected chi connectivity index (χ2v) is 9.24. The Morgan fingerprint density at radius 2 is 1.00 bits per heavy atom. The zero-order chi connectivity index (χ0) is 26.4. The molecule has 2 aliphatic rings. The fourth-order valence-electron chi connectivity index (χ4n) is 4.86. The molecule has 0 bridgehead atoms. The summed E-state index contributed by atoms with van der Waals surface area (Å²) in [7, 11) is 2.54. The number of rotatable bonds is 5. The number of allylic oxidation sites excluding steroid dienone is 4. The lowest BCUT2D eigenvalue weighted by molar-refractivity contribution is 0.0885. The molecule has 0 amide bonds. The maximum absolute atomic E-state index is 14.0. The van der Waals surface area contributed by atoms with Gasteiger partial charge in [-0.05, 0) is 17.7 Å². The van der Waals surface area contributed by atoms with Crippen LogP contribution in [-0.4, -0.2) is 37.4 Å². The van der Waals surface area contributed by atoms with Crippen molar-refractivity contribution in [3.63, 3.8) is 0 Å². The minimum atomic E-state index is -1.27. The first-order valence-electron chi connectivity index (χ1n) is 11.2. The highest BCUT2D eigenvalue weighted by Gasteiger charge is 2.45. The zero-order valence-corrected chi connectivity index (χ0v) is 21.1. The summed E-state index contributed by atoms with van der Waals surface area (Å²) in [5.41, 5.74) is 0.667. The van der Waals surface area contributed by atoms with Crippen molar-refractivity contribution in [1.82, 2.24) is 0 Å². The minimum absolute atomic E-state index is 0.125. The molecule has 0 N–H and O–H groups in total. The average molecular weight is 533 g/mol. The molecule has 0 radical (unpaired) electrons. The number of benzene rings is 3. The number of Topliss-reactive ketones (excluding diaryl/α,β-unsaturated/α-hetero) is 4. The number of carbonyl (C=O) groups excluding carboxylic acids is 4. The summed E-state index contributed by atoms with van der Waals surface area (Å²) < 4.78 is 11.0. The molecule has 3 aromatic carbocycles. The van der Waals surface area contributed by atoms with Gasteiger partial charge in [-0.1, -0.05) is 77.8 Å². The smallest absolute Gasteiger partial charge is 0.228 e. The molecule has 37 heavy (non-hydrogen) atoms. The van der Waals surface area contributed by atoms with Crippen LogP contribution in [0.1, 0.15) is 52.9 Å². The van der Waals surface area contributed by atoms with Crippen LogP contribution in [0, 0.1) is 0 Å². The highest BCUT2D eigenvalue weighted by molar-refractivity contribution is 6.36. The molecular weight excluding hydrogens is 515 g/mol. The molecule has 0 saturated carbocycles. The Balaban J connectivity index is 1.88. The van der Waals surface area contributed by atoms with Gasteiger partial charge in [0.2, 0.25) is 11.6 Å². The average Bonchev–Trinajstić information content (AvgIpc) is 2.90. The van der Waals surface area contributed by atoms with Crippen molar-refractivity contribution < 1.29 is 28.7 Å². The highest BCUT2D eigenvalue weighted by atomic mass is 35.5. The minimum Gasteiger partial charge on any atom is -0.492 e. The van der Waals surface area contributed by atoms with E-state index in [4.69, 9.17) is 32.7 Å². The van der Waals surface area contributed by atoms with E-state index in [0.717, 1.165) is 0 Å². The van der Waals surface area contributed by atoms with Crippen molar-refractivity contribution in [2.24, 2.45) is 0 Å². The van der Waals surface area contributed by atoms with E-state index in [2.05, 4.69) is 0 Å². The molecule has 6 nitrogen and oxygen atoms in total. The quantitative estimate of drug-likeness (QED) is 0.398. The first-order chi connectivity index (χ1) is 17.8. The van der Waals surface area contributed by atoms with Crippen molar-refractivity contribution in [3.8, 4) is 0 Å². The van der Waals surface area contributed by atoms with Gasteiger partial charge in [0.25, 0.3) is 0 Å². The number of hydrogen-bond acceptors (Lipinski definition) is 6. The van der Waals surface area contributed by atoms with Crippen molar-refractivity contribution in [2.75, 3.05) is 14.2 Å². The lowest BCUT2D eigenvalue weighted by Gasteiger charge is -2.31. The molecule has 0 saturated heterocycles. The molecule has 0 spiro atoms. The van der Waals surface area contributed by atoms with E-state index in [1.54, 1.807) is 36.4 Å². The van der Waals surface area contributed by atoms with Gasteiger partial charge in [-0.3, -0.25) is 19.2 Å². The lowest BCUT2D eigenvalue weighted by atomic mass is 9.72. The summed E-state index contributed by atoms with van der Waals surface area (Å²) in [6.45, 7) is 0. The maximum atomic E-state index is 14.0. The highest BCUT2D eigenvalue weighted by Crippen LogP contribution is 2.46. The predicted octanol–water partition coefficient (Wildman–Crippen LogP) is 6.04. The predicted molar refractivity (Wildman–Crippen MR) is 137 cm³/mol. The molecule has 0 fully saturated rings. The molecule has 8 heteroatoms. The number of halogens is 2. The summed E-state index contributed by atoms with van der Waals surface area (Å²) in [6, 6.07) is 17.2. The first-order valence-corrected chi connectivity index (χ1v) is 11.9. The molecule has 2 aliphatic carbocycles. The summed E-state index contributed by atoms with van der Waals surface area (Å²) in [6.07, 6.45) is 0. The van der Waals surface area contributed by atoms with E-state index >= 15 is 0 Å². The molecular formula is C29H18Cl2O6. The van der Waals surface area contributed by atoms with Gasteiger partial charge in [0.05, 0.1) is 31.3 Å². The summed E-state index contributed by atoms with van der Waals surface area (Å²) in [5.74, 6) is -3.90. The second-order valence-electron chi connectivity index (χ2n) is 8.40. The van der Waals surface area contributed by atoms with Gasteiger partial charge < -0.3 is 9.47 Å². The topological polar surface area (TPSA) is 86.7 Å². The van der Waals surface area contributed by atoms with E-state index in [0.29, 0.717) is 5.02 Å². The van der Waals surface area contributed by atoms with E-state index in [1.165, 1.54) is 44.6 Å². The third kappa shape index (κ3) is 3.80. The van der Waals surface area contributed by atoms with Crippen molar-refractivity contribution in [2.45, 2.75) is 5.92 Å². The molecule has 0 unspecified atom stereocenters. The van der Waals surface area contributed by atoms with Gasteiger partial charge in [-0.15, -0.1) is 0 Å². The van der Waals surface area contributed by atoms with Crippen LogP contribution in [0.3, 0.4) is 0 Å². The Bertz CT molecular complexity index is 1500. The Hall–Kier alpha value is -4.00. The first kappa shape index (κ1) is 24.7. The van der Waals surface area contributed by atoms with Crippen LogP contribution in [0.5, 0.6) is 0 Å². The van der Waals surface area contributed by atoms with Gasteiger partial charge in [0, 0.05) is 32.3 Å². The third-order valence-corrected chi connectivity index (χ3v) is 7.05. The lowest BCUT2D eigenvalue weighted by Crippen LogP contribution is -2.32. The monoisotopic (exact) mass is 532 g/mol. The Morgan fingerprint density at radius 1 is 0.595 bits per heavy atom. The summed E-state index contributed by atoms with van der Waals surface area (Å²) >= 11 is 12.8. The van der Waals surface area contributed by atoms with Gasteiger partial charge in [0.1, 0.15) is 0 Å². The second kappa shape index (κ2) is 9.47. The van der Waals surface area contributed by atoms with Crippen LogP contribution in [-0.2, 0) is 9.47 Å². The van der Waals surface area contributed by atoms with Gasteiger partial charge >= 0.3 is 0 Å². The van der Waals surface area contributed by atoms with Gasteiger partial charge in [0.15, 0.2) is 23.1 Å². The van der Waals surface area contributed by atoms with Crippen molar-refractivity contribution in [1.29, 1.82) is 0 Å². The number of ether oxygens (including phenoxy) is 2. The molecule has 184 valence electrons. The Kier molecular flexibility index (Phi) is 6.31. The Morgan fingerprint density at radius 3 is 1.38 bits per heavy atom. The number of carbonyl (C=O) groups is 4. The number of ketones is 4. The number of hydrogen-bond donors (Lipinski definition) is 0. The van der Waals surface area contributed by atoms with Crippen LogP contribution in [0.4, 0.5) is 0 Å². The fraction of sp³-hybridized carbons (Fsp3) is 0.103. The fourth-order valence-corrected chi connectivity index (χ4v) is 5.38. The van der Waals surface area contributed by atoms with Crippen LogP contribution in [0.2, 0.25) is 10.0 Å². The van der Waals surface area contributed by atoms with Crippen LogP contribution < -0.4 is 0 Å². The van der Waals surface area contributed by atoms with Crippen LogP contribution in [0.15, 0.2) is 89.4 Å². The van der Waals surface area contributed by atoms with E-state index in [9.17, 15) is 19.2 Å². The number of fused-ring (bicyclic) bond motifs is 2. The van der Waals surface area contributed by atoms with E-state index in [1.807, 2.05) is 0 Å². The molecule has 3 aromatic rings. The van der Waals surface area contributed by atoms with Crippen LogP contribution >= 0.6 is 23.2 Å². The zero-order valence-electron chi connectivity index (χ0n) is 19.6. The van der Waals surface area contributed by atoms with E-state index < -0.39 is 29.1 Å². The molecule has 0 aliphatic heterocycles. The van der Waals surface area contributed by atoms with Gasteiger partial charge in [-0.25, -0.2) is 0 Å². The van der Waals surface area contributed by atoms with Crippen LogP contribution in [0.25, 0.3) is 0 Å². The molecule has 0 atom stereocenters. The normalized spacial score (nSPS) is 15.3. The summed E-state index contributed by atoms with van der Waals surface area (Å²) in [4.78, 5) is 54.9. The SMILES string of the molecule is COC1=C(C(C2=C(OC)C(=O)c3ccccc3C2=O)c2ccc(Cl)cc2Cl)C(=O)c2ccccc2C1=O. The van der Waals surface area contributed by atoms with E-state index in [-0.39, 0.29) is 55.5 Å². The molecule has 0 heterocycles. The van der Waals surface area contributed by atoms with Gasteiger partial charge in [-0.2, -0.15) is 0 Å². The molecule has 0 aromatic heterocycles. The Labute approximate surface area is 222 Å². The largest absolute Gasteiger partial charge is 0.492 e. The van der Waals surface area contributed by atoms with Crippen molar-refractivity contribution in [3.05, 3.63) is 127 Å². The number of methoxy groups -OCH3 is 2. The maximum Gasteiger partial charge on any atom is 0.228 e. The van der Waals surface area contributed by atoms with Crippen molar-refractivity contribution >= 4 is 46.3 Å². The standard InChI is InChI=1S/C29H18Cl2O6/c1-36-28-22(24(32)15-7-3-5-9-17(15)26(28)34)21(19-12-11-14(30)13-20(19)31)23-25(33)16-8-4-6-10-18(16)27(35)29(23)37-2/h3-13,21H,1-2H3.